The second kappa shape index (κ2) is 10.3. The second-order valence-electron chi connectivity index (χ2n) is 8.29. The molecular weight excluding hydrogens is 418 g/mol. The quantitative estimate of drug-likeness (QED) is 0.531. The van der Waals surface area contributed by atoms with Crippen LogP contribution in [0.15, 0.2) is 54.6 Å². The van der Waals surface area contributed by atoms with Crippen molar-refractivity contribution < 1.29 is 19.1 Å². The fraction of sp³-hybridized carbons (Fsp3) is 0.346. The van der Waals surface area contributed by atoms with Gasteiger partial charge in [0.05, 0.1) is 17.9 Å². The zero-order valence-corrected chi connectivity index (χ0v) is 19.0. The number of ether oxygens (including phenoxy) is 2. The number of amides is 1. The molecule has 1 atom stereocenters. The highest BCUT2D eigenvalue weighted by Crippen LogP contribution is 2.28. The lowest BCUT2D eigenvalue weighted by molar-refractivity contribution is -0.118. The van der Waals surface area contributed by atoms with Gasteiger partial charge in [-0.15, -0.1) is 0 Å². The van der Waals surface area contributed by atoms with E-state index < -0.39 is 5.97 Å². The van der Waals surface area contributed by atoms with Crippen LogP contribution in [-0.4, -0.2) is 43.2 Å². The van der Waals surface area contributed by atoms with Crippen molar-refractivity contribution in [3.05, 3.63) is 60.2 Å². The molecule has 2 heterocycles. The predicted octanol–water partition coefficient (Wildman–Crippen LogP) is 4.67. The predicted molar refractivity (Wildman–Crippen MR) is 129 cm³/mol. The van der Waals surface area contributed by atoms with Gasteiger partial charge in [0.2, 0.25) is 0 Å². The molecular formula is C26H29N3O4. The van der Waals surface area contributed by atoms with Crippen LogP contribution in [0.4, 0.5) is 11.5 Å². The summed E-state index contributed by atoms with van der Waals surface area (Å²) in [5.41, 5.74) is 1.43. The number of benzene rings is 2. The average Bonchev–Trinajstić information content (AvgIpc) is 2.83. The van der Waals surface area contributed by atoms with E-state index in [0.29, 0.717) is 22.9 Å². The molecule has 33 heavy (non-hydrogen) atoms. The molecule has 1 aromatic heterocycles. The highest BCUT2D eigenvalue weighted by Gasteiger charge is 2.19. The van der Waals surface area contributed by atoms with E-state index >= 15 is 0 Å². The fourth-order valence-electron chi connectivity index (χ4n) is 4.11. The maximum atomic E-state index is 12.6. The van der Waals surface area contributed by atoms with Gasteiger partial charge in [-0.2, -0.15) is 0 Å². The Bertz CT molecular complexity index is 1150. The van der Waals surface area contributed by atoms with Gasteiger partial charge in [0, 0.05) is 18.5 Å². The van der Waals surface area contributed by atoms with Gasteiger partial charge in [-0.3, -0.25) is 4.79 Å². The number of fused-ring (bicyclic) bond motifs is 1. The largest absolute Gasteiger partial charge is 0.481 e. The first-order valence-electron chi connectivity index (χ1n) is 11.4. The van der Waals surface area contributed by atoms with Gasteiger partial charge < -0.3 is 19.7 Å². The van der Waals surface area contributed by atoms with Crippen molar-refractivity contribution in [3.8, 4) is 5.75 Å². The summed E-state index contributed by atoms with van der Waals surface area (Å²) in [5.74, 6) is 1.27. The van der Waals surface area contributed by atoms with E-state index in [9.17, 15) is 9.59 Å². The molecule has 1 aliphatic heterocycles. The lowest BCUT2D eigenvalue weighted by atomic mass is 10.0. The van der Waals surface area contributed by atoms with E-state index in [1.165, 1.54) is 6.42 Å². The number of carbonyl (C=O) groups excluding carboxylic acids is 2. The Morgan fingerprint density at radius 2 is 1.97 bits per heavy atom. The van der Waals surface area contributed by atoms with Crippen LogP contribution in [0.5, 0.6) is 5.75 Å². The molecule has 0 aliphatic carbocycles. The van der Waals surface area contributed by atoms with Crippen LogP contribution in [0, 0.1) is 5.92 Å². The lowest BCUT2D eigenvalue weighted by Crippen LogP contribution is -2.34. The van der Waals surface area contributed by atoms with Crippen molar-refractivity contribution in [2.45, 2.75) is 26.7 Å². The van der Waals surface area contributed by atoms with Crippen LogP contribution < -0.4 is 15.0 Å². The Morgan fingerprint density at radius 3 is 2.79 bits per heavy atom. The van der Waals surface area contributed by atoms with Gasteiger partial charge in [-0.1, -0.05) is 31.2 Å². The highest BCUT2D eigenvalue weighted by molar-refractivity contribution is 6.01. The summed E-state index contributed by atoms with van der Waals surface area (Å²) >= 11 is 0. The number of hydrogen-bond donors (Lipinski definition) is 1. The molecule has 7 heteroatoms. The number of piperidine rings is 1. The normalized spacial score (nSPS) is 15.8. The fourth-order valence-corrected chi connectivity index (χ4v) is 4.11. The summed E-state index contributed by atoms with van der Waals surface area (Å²) < 4.78 is 10.9. The molecule has 2 aromatic carbocycles. The van der Waals surface area contributed by atoms with E-state index in [1.54, 1.807) is 31.2 Å². The number of carbonyl (C=O) groups is 2. The lowest BCUT2D eigenvalue weighted by Gasteiger charge is -2.32. The molecule has 1 saturated heterocycles. The Hall–Kier alpha value is -3.61. The number of pyridine rings is 1. The van der Waals surface area contributed by atoms with E-state index in [1.807, 2.05) is 30.3 Å². The van der Waals surface area contributed by atoms with Crippen LogP contribution in [0.25, 0.3) is 10.9 Å². The number of nitrogens with one attached hydrogen (secondary N) is 1. The Morgan fingerprint density at radius 1 is 1.12 bits per heavy atom. The molecule has 7 nitrogen and oxygen atoms in total. The van der Waals surface area contributed by atoms with E-state index in [-0.39, 0.29) is 19.1 Å². The van der Waals surface area contributed by atoms with Crippen molar-refractivity contribution in [2.75, 3.05) is 36.5 Å². The number of hydrogen-bond acceptors (Lipinski definition) is 6. The van der Waals surface area contributed by atoms with Gasteiger partial charge in [0.25, 0.3) is 5.91 Å². The summed E-state index contributed by atoms with van der Waals surface area (Å²) in [6, 6.07) is 16.5. The Kier molecular flexibility index (Phi) is 7.07. The van der Waals surface area contributed by atoms with Crippen LogP contribution in [0.3, 0.4) is 0 Å². The van der Waals surface area contributed by atoms with Crippen LogP contribution in [0.2, 0.25) is 0 Å². The number of rotatable bonds is 7. The van der Waals surface area contributed by atoms with Crippen molar-refractivity contribution in [2.24, 2.45) is 5.92 Å². The number of esters is 1. The smallest absolute Gasteiger partial charge is 0.340 e. The summed E-state index contributed by atoms with van der Waals surface area (Å²) in [4.78, 5) is 31.9. The van der Waals surface area contributed by atoms with Gasteiger partial charge in [0.1, 0.15) is 17.1 Å². The average molecular weight is 448 g/mol. The minimum atomic E-state index is -0.480. The molecule has 0 saturated carbocycles. The maximum Gasteiger partial charge on any atom is 0.340 e. The molecule has 0 spiro atoms. The minimum Gasteiger partial charge on any atom is -0.481 e. The first-order chi connectivity index (χ1) is 16.0. The number of para-hydroxylation sites is 2. The molecule has 0 bridgehead atoms. The van der Waals surface area contributed by atoms with E-state index in [2.05, 4.69) is 17.1 Å². The molecule has 1 amide bonds. The Balaban J connectivity index is 1.48. The third kappa shape index (κ3) is 5.42. The standard InChI is InChI=1S/C26H29N3O4/c1-3-32-26(31)20-10-4-5-11-21(20)27-24(30)17-33-22-12-6-9-19-13-14-23(28-25(19)22)29-15-7-8-18(2)16-29/h4-6,9-14,18H,3,7-8,15-17H2,1-2H3,(H,27,30). The second-order valence-corrected chi connectivity index (χ2v) is 8.29. The first-order valence-corrected chi connectivity index (χ1v) is 11.4. The number of anilines is 2. The van der Waals surface area contributed by atoms with Crippen molar-refractivity contribution in [3.63, 3.8) is 0 Å². The van der Waals surface area contributed by atoms with Crippen LogP contribution in [-0.2, 0) is 9.53 Å². The van der Waals surface area contributed by atoms with E-state index in [0.717, 1.165) is 36.2 Å². The summed E-state index contributed by atoms with van der Waals surface area (Å²) in [7, 11) is 0. The highest BCUT2D eigenvalue weighted by atomic mass is 16.5. The zero-order valence-electron chi connectivity index (χ0n) is 19.0. The number of nitrogens with zero attached hydrogens (tertiary/aromatic N) is 2. The van der Waals surface area contributed by atoms with Gasteiger partial charge in [-0.25, -0.2) is 9.78 Å². The monoisotopic (exact) mass is 447 g/mol. The molecule has 1 aliphatic rings. The molecule has 1 fully saturated rings. The maximum absolute atomic E-state index is 12.6. The van der Waals surface area contributed by atoms with Crippen molar-refractivity contribution in [1.82, 2.24) is 4.98 Å². The molecule has 1 N–H and O–H groups in total. The molecule has 0 radical (unpaired) electrons. The van der Waals surface area contributed by atoms with E-state index in [4.69, 9.17) is 14.5 Å². The van der Waals surface area contributed by atoms with Crippen molar-refractivity contribution in [1.29, 1.82) is 0 Å². The first kappa shape index (κ1) is 22.6. The summed E-state index contributed by atoms with van der Waals surface area (Å²) in [6.07, 6.45) is 2.40. The van der Waals surface area contributed by atoms with Crippen LogP contribution in [0.1, 0.15) is 37.0 Å². The van der Waals surface area contributed by atoms with Crippen molar-refractivity contribution >= 4 is 34.3 Å². The van der Waals surface area contributed by atoms with Gasteiger partial charge in [0.15, 0.2) is 6.61 Å². The molecule has 3 aromatic rings. The molecule has 1 unspecified atom stereocenters. The third-order valence-electron chi connectivity index (χ3n) is 5.70. The summed E-state index contributed by atoms with van der Waals surface area (Å²) in [6.45, 7) is 6.04. The third-order valence-corrected chi connectivity index (χ3v) is 5.70. The minimum absolute atomic E-state index is 0.205. The molecule has 4 rings (SSSR count). The molecule has 172 valence electrons. The van der Waals surface area contributed by atoms with Gasteiger partial charge >= 0.3 is 5.97 Å². The number of aromatic nitrogens is 1. The topological polar surface area (TPSA) is 80.8 Å². The Labute approximate surface area is 193 Å². The SMILES string of the molecule is CCOC(=O)c1ccccc1NC(=O)COc1cccc2ccc(N3CCCC(C)C3)nc12. The van der Waals surface area contributed by atoms with Crippen LogP contribution >= 0.6 is 0 Å². The van der Waals surface area contributed by atoms with Gasteiger partial charge in [-0.05, 0) is 56.0 Å². The zero-order chi connectivity index (χ0) is 23.2. The summed E-state index contributed by atoms with van der Waals surface area (Å²) in [5, 5.41) is 3.70.